The van der Waals surface area contributed by atoms with E-state index < -0.39 is 17.9 Å². The number of para-hydroxylation sites is 1. The van der Waals surface area contributed by atoms with Crippen LogP contribution in [0.15, 0.2) is 58.0 Å². The molecule has 0 saturated heterocycles. The fraction of sp³-hybridized carbons (Fsp3) is 0.261. The number of hydrazone groups is 1. The van der Waals surface area contributed by atoms with Gasteiger partial charge in [-0.05, 0) is 44.2 Å². The van der Waals surface area contributed by atoms with E-state index in [1.54, 1.807) is 5.01 Å². The number of halogens is 2. The van der Waals surface area contributed by atoms with Crippen molar-refractivity contribution in [3.8, 4) is 11.5 Å². The van der Waals surface area contributed by atoms with Crippen molar-refractivity contribution in [2.45, 2.75) is 32.5 Å². The van der Waals surface area contributed by atoms with Crippen molar-refractivity contribution in [2.24, 2.45) is 5.10 Å². The Morgan fingerprint density at radius 3 is 2.73 bits per heavy atom. The van der Waals surface area contributed by atoms with E-state index in [1.807, 2.05) is 44.2 Å². The Kier molecular flexibility index (Phi) is 4.46. The van der Waals surface area contributed by atoms with Gasteiger partial charge in [0, 0.05) is 17.5 Å². The monoisotopic (exact) mass is 410 g/mol. The molecule has 0 N–H and O–H groups in total. The van der Waals surface area contributed by atoms with Gasteiger partial charge in [-0.2, -0.15) is 5.10 Å². The first kappa shape index (κ1) is 18.7. The first-order chi connectivity index (χ1) is 14.5. The Bertz CT molecular complexity index is 1140. The number of fused-ring (bicyclic) bond motifs is 3. The third-order valence-corrected chi connectivity index (χ3v) is 5.33. The SMILES string of the molecule is CCOc1cccc2c1O[C@H](c1ccc(F)c(F)c1)N1N=C(c3ccc(C)o3)C[C@H]21. The second-order valence-electron chi connectivity index (χ2n) is 7.31. The van der Waals surface area contributed by atoms with Crippen LogP contribution in [0.5, 0.6) is 11.5 Å². The summed E-state index contributed by atoms with van der Waals surface area (Å²) in [6, 6.07) is 13.1. The summed E-state index contributed by atoms with van der Waals surface area (Å²) in [5.41, 5.74) is 2.18. The molecule has 0 radical (unpaired) electrons. The average molecular weight is 410 g/mol. The predicted molar refractivity (Wildman–Crippen MR) is 107 cm³/mol. The van der Waals surface area contributed by atoms with Crippen molar-refractivity contribution in [2.75, 3.05) is 6.61 Å². The van der Waals surface area contributed by atoms with Gasteiger partial charge >= 0.3 is 0 Å². The maximum atomic E-state index is 14.0. The number of ether oxygens (including phenoxy) is 2. The molecule has 30 heavy (non-hydrogen) atoms. The molecule has 1 aromatic heterocycles. The third-order valence-electron chi connectivity index (χ3n) is 5.33. The van der Waals surface area contributed by atoms with E-state index in [0.29, 0.717) is 35.9 Å². The van der Waals surface area contributed by atoms with Gasteiger partial charge in [-0.25, -0.2) is 13.8 Å². The summed E-state index contributed by atoms with van der Waals surface area (Å²) in [7, 11) is 0. The van der Waals surface area contributed by atoms with Gasteiger partial charge in [0.1, 0.15) is 17.2 Å². The number of hydrogen-bond donors (Lipinski definition) is 0. The fourth-order valence-corrected chi connectivity index (χ4v) is 3.98. The van der Waals surface area contributed by atoms with Gasteiger partial charge in [0.25, 0.3) is 0 Å². The van der Waals surface area contributed by atoms with Crippen LogP contribution in [0.3, 0.4) is 0 Å². The second kappa shape index (κ2) is 7.16. The summed E-state index contributed by atoms with van der Waals surface area (Å²) in [5, 5.41) is 6.54. The first-order valence-corrected chi connectivity index (χ1v) is 9.85. The molecule has 0 unspecified atom stereocenters. The summed E-state index contributed by atoms with van der Waals surface area (Å²) in [6.45, 7) is 4.26. The number of hydrogen-bond acceptors (Lipinski definition) is 5. The zero-order valence-electron chi connectivity index (χ0n) is 16.6. The molecule has 0 aliphatic carbocycles. The largest absolute Gasteiger partial charge is 0.490 e. The van der Waals surface area contributed by atoms with Crippen LogP contribution >= 0.6 is 0 Å². The average Bonchev–Trinajstić information content (AvgIpc) is 3.37. The molecule has 0 fully saturated rings. The van der Waals surface area contributed by atoms with Crippen molar-refractivity contribution in [1.29, 1.82) is 0 Å². The van der Waals surface area contributed by atoms with Crippen LogP contribution in [-0.4, -0.2) is 17.3 Å². The standard InChI is InChI=1S/C23H20F2N2O3/c1-3-28-21-6-4-5-15-19-12-18(20-10-7-13(2)29-20)26-27(19)23(30-22(15)21)14-8-9-16(24)17(25)11-14/h4-11,19,23H,3,12H2,1-2H3/t19-,23-/m1/s1. The third kappa shape index (κ3) is 3.01. The lowest BCUT2D eigenvalue weighted by atomic mass is 9.97. The van der Waals surface area contributed by atoms with Crippen LogP contribution in [-0.2, 0) is 0 Å². The molecule has 5 nitrogen and oxygen atoms in total. The Hall–Kier alpha value is -3.35. The minimum atomic E-state index is -0.929. The van der Waals surface area contributed by atoms with E-state index in [2.05, 4.69) is 0 Å². The van der Waals surface area contributed by atoms with Gasteiger partial charge < -0.3 is 13.9 Å². The summed E-state index contributed by atoms with van der Waals surface area (Å²) in [5.74, 6) is 0.866. The summed E-state index contributed by atoms with van der Waals surface area (Å²) < 4.78 is 45.3. The summed E-state index contributed by atoms with van der Waals surface area (Å²) in [6.07, 6.45) is -0.133. The number of rotatable bonds is 4. The van der Waals surface area contributed by atoms with Gasteiger partial charge in [0.15, 0.2) is 23.1 Å². The van der Waals surface area contributed by atoms with Crippen LogP contribution in [0.1, 0.15) is 48.3 Å². The van der Waals surface area contributed by atoms with E-state index in [9.17, 15) is 8.78 Å². The molecule has 3 aromatic rings. The summed E-state index contributed by atoms with van der Waals surface area (Å²) in [4.78, 5) is 0. The molecule has 2 aliphatic heterocycles. The van der Waals surface area contributed by atoms with E-state index in [0.717, 1.165) is 29.2 Å². The molecule has 0 saturated carbocycles. The molecule has 2 atom stereocenters. The maximum Gasteiger partial charge on any atom is 0.214 e. The van der Waals surface area contributed by atoms with Crippen LogP contribution in [0.25, 0.3) is 0 Å². The van der Waals surface area contributed by atoms with Crippen LogP contribution in [0, 0.1) is 18.6 Å². The Morgan fingerprint density at radius 2 is 2.00 bits per heavy atom. The molecular formula is C23H20F2N2O3. The van der Waals surface area contributed by atoms with E-state index in [1.165, 1.54) is 6.07 Å². The molecular weight excluding hydrogens is 390 g/mol. The van der Waals surface area contributed by atoms with Gasteiger partial charge in [-0.3, -0.25) is 0 Å². The molecule has 7 heteroatoms. The fourth-order valence-electron chi connectivity index (χ4n) is 3.98. The minimum Gasteiger partial charge on any atom is -0.490 e. The quantitative estimate of drug-likeness (QED) is 0.569. The van der Waals surface area contributed by atoms with Crippen molar-refractivity contribution < 1.29 is 22.7 Å². The highest BCUT2D eigenvalue weighted by molar-refractivity contribution is 5.99. The van der Waals surface area contributed by atoms with Crippen LogP contribution in [0.2, 0.25) is 0 Å². The maximum absolute atomic E-state index is 14.0. The zero-order chi connectivity index (χ0) is 20.8. The smallest absolute Gasteiger partial charge is 0.214 e. The Balaban J connectivity index is 1.62. The van der Waals surface area contributed by atoms with Crippen molar-refractivity contribution in [1.82, 2.24) is 5.01 Å². The van der Waals surface area contributed by atoms with Crippen LogP contribution < -0.4 is 9.47 Å². The highest BCUT2D eigenvalue weighted by atomic mass is 19.2. The molecule has 2 aromatic carbocycles. The number of nitrogens with zero attached hydrogens (tertiary/aromatic N) is 2. The number of aryl methyl sites for hydroxylation is 1. The van der Waals surface area contributed by atoms with E-state index >= 15 is 0 Å². The first-order valence-electron chi connectivity index (χ1n) is 9.85. The molecule has 0 bridgehead atoms. The van der Waals surface area contributed by atoms with Crippen molar-refractivity contribution >= 4 is 5.71 Å². The Labute approximate surface area is 172 Å². The highest BCUT2D eigenvalue weighted by Crippen LogP contribution is 2.50. The number of benzene rings is 2. The number of furan rings is 1. The lowest BCUT2D eigenvalue weighted by Crippen LogP contribution is -2.34. The van der Waals surface area contributed by atoms with E-state index in [4.69, 9.17) is 19.0 Å². The Morgan fingerprint density at radius 1 is 1.13 bits per heavy atom. The van der Waals surface area contributed by atoms with Gasteiger partial charge in [0.2, 0.25) is 6.23 Å². The zero-order valence-corrected chi connectivity index (χ0v) is 16.6. The summed E-state index contributed by atoms with van der Waals surface area (Å²) >= 11 is 0. The molecule has 0 amide bonds. The van der Waals surface area contributed by atoms with Gasteiger partial charge in [-0.15, -0.1) is 0 Å². The second-order valence-corrected chi connectivity index (χ2v) is 7.31. The lowest BCUT2D eigenvalue weighted by molar-refractivity contribution is -0.0214. The topological polar surface area (TPSA) is 47.2 Å². The van der Waals surface area contributed by atoms with Crippen LogP contribution in [0.4, 0.5) is 8.78 Å². The molecule has 5 rings (SSSR count). The lowest BCUT2D eigenvalue weighted by Gasteiger charge is -2.38. The van der Waals surface area contributed by atoms with Crippen molar-refractivity contribution in [3.63, 3.8) is 0 Å². The molecule has 3 heterocycles. The van der Waals surface area contributed by atoms with Gasteiger partial charge in [0.05, 0.1) is 12.6 Å². The molecule has 0 spiro atoms. The normalized spacial score (nSPS) is 19.7. The molecule has 154 valence electrons. The van der Waals surface area contributed by atoms with Gasteiger partial charge in [-0.1, -0.05) is 18.2 Å². The van der Waals surface area contributed by atoms with E-state index in [-0.39, 0.29) is 6.04 Å². The highest BCUT2D eigenvalue weighted by Gasteiger charge is 2.42. The minimum absolute atomic E-state index is 0.146. The predicted octanol–water partition coefficient (Wildman–Crippen LogP) is 5.51. The van der Waals surface area contributed by atoms with Crippen molar-refractivity contribution in [3.05, 3.63) is 82.8 Å². The molecule has 2 aliphatic rings.